The summed E-state index contributed by atoms with van der Waals surface area (Å²) in [6.45, 7) is 4.26. The summed E-state index contributed by atoms with van der Waals surface area (Å²) in [5.41, 5.74) is 6.44. The van der Waals surface area contributed by atoms with Gasteiger partial charge in [0.25, 0.3) is 11.8 Å². The van der Waals surface area contributed by atoms with E-state index in [4.69, 9.17) is 22.1 Å². The van der Waals surface area contributed by atoms with E-state index in [2.05, 4.69) is 5.32 Å². The number of amides is 2. The van der Waals surface area contributed by atoms with E-state index < -0.39 is 6.10 Å². The van der Waals surface area contributed by atoms with E-state index in [1.54, 1.807) is 30.1 Å². The minimum atomic E-state index is -0.535. The van der Waals surface area contributed by atoms with Gasteiger partial charge in [-0.2, -0.15) is 0 Å². The van der Waals surface area contributed by atoms with E-state index >= 15 is 0 Å². The Morgan fingerprint density at radius 2 is 2.12 bits per heavy atom. The maximum Gasteiger partial charge on any atom is 0.253 e. The second-order valence-electron chi connectivity index (χ2n) is 6.25. The van der Waals surface area contributed by atoms with Crippen LogP contribution >= 0.6 is 11.6 Å². The highest BCUT2D eigenvalue weighted by Gasteiger charge is 2.30. The topological polar surface area (TPSA) is 84.7 Å². The van der Waals surface area contributed by atoms with Crippen molar-refractivity contribution in [2.24, 2.45) is 5.73 Å². The Morgan fingerprint density at radius 3 is 2.71 bits per heavy atom. The van der Waals surface area contributed by atoms with Gasteiger partial charge in [-0.15, -0.1) is 0 Å². The highest BCUT2D eigenvalue weighted by molar-refractivity contribution is 6.34. The van der Waals surface area contributed by atoms with Crippen molar-refractivity contribution >= 4 is 29.1 Å². The Bertz CT molecular complexity index is 621. The van der Waals surface area contributed by atoms with Crippen LogP contribution in [0.2, 0.25) is 5.02 Å². The first-order valence-electron chi connectivity index (χ1n) is 8.06. The average Bonchev–Trinajstić information content (AvgIpc) is 3.04. The van der Waals surface area contributed by atoms with E-state index in [1.165, 1.54) is 0 Å². The SMILES string of the molecule is CC(C)N(C)C(=O)c1ccc(Cl)c(NC(=O)[C@@H]2CC[C@H](CN)O2)c1. The molecule has 6 nitrogen and oxygen atoms in total. The largest absolute Gasteiger partial charge is 0.364 e. The summed E-state index contributed by atoms with van der Waals surface area (Å²) in [5.74, 6) is -0.396. The van der Waals surface area contributed by atoms with E-state index in [0.717, 1.165) is 6.42 Å². The molecule has 0 unspecified atom stereocenters. The lowest BCUT2D eigenvalue weighted by Gasteiger charge is -2.22. The number of halogens is 1. The number of ether oxygens (including phenoxy) is 1. The first-order chi connectivity index (χ1) is 11.3. The number of nitrogens with zero attached hydrogens (tertiary/aromatic N) is 1. The standard InChI is InChI=1S/C17H24ClN3O3/c1-10(2)21(3)17(23)11-4-6-13(18)14(8-11)20-16(22)15-7-5-12(9-19)24-15/h4,6,8,10,12,15H,5,7,9,19H2,1-3H3,(H,20,22)/t12-,15+/m1/s1. The number of carbonyl (C=O) groups is 2. The Labute approximate surface area is 147 Å². The van der Waals surface area contributed by atoms with Crippen LogP contribution in [0.1, 0.15) is 37.0 Å². The molecule has 1 heterocycles. The molecule has 0 aromatic heterocycles. The minimum absolute atomic E-state index is 0.0753. The smallest absolute Gasteiger partial charge is 0.253 e. The summed E-state index contributed by atoms with van der Waals surface area (Å²) >= 11 is 6.15. The molecule has 24 heavy (non-hydrogen) atoms. The van der Waals surface area contributed by atoms with Gasteiger partial charge in [0.15, 0.2) is 0 Å². The van der Waals surface area contributed by atoms with Crippen LogP contribution in [0.4, 0.5) is 5.69 Å². The van der Waals surface area contributed by atoms with Crippen LogP contribution in [0.15, 0.2) is 18.2 Å². The lowest BCUT2D eigenvalue weighted by Crippen LogP contribution is -2.33. The van der Waals surface area contributed by atoms with Crippen molar-refractivity contribution in [3.05, 3.63) is 28.8 Å². The molecule has 7 heteroatoms. The van der Waals surface area contributed by atoms with Crippen LogP contribution in [-0.2, 0) is 9.53 Å². The van der Waals surface area contributed by atoms with E-state index in [9.17, 15) is 9.59 Å². The van der Waals surface area contributed by atoms with Gasteiger partial charge in [-0.25, -0.2) is 0 Å². The second kappa shape index (κ2) is 7.96. The third kappa shape index (κ3) is 4.26. The third-order valence-corrected chi connectivity index (χ3v) is 4.56. The summed E-state index contributed by atoms with van der Waals surface area (Å²) in [6, 6.07) is 4.93. The number of nitrogens with two attached hydrogens (primary N) is 1. The summed E-state index contributed by atoms with van der Waals surface area (Å²) in [4.78, 5) is 26.4. The normalized spacial score (nSPS) is 20.2. The van der Waals surface area contributed by atoms with Crippen LogP contribution < -0.4 is 11.1 Å². The number of carbonyl (C=O) groups excluding carboxylic acids is 2. The Hall–Kier alpha value is -1.63. The highest BCUT2D eigenvalue weighted by atomic mass is 35.5. The van der Waals surface area contributed by atoms with Gasteiger partial charge in [-0.05, 0) is 44.9 Å². The van der Waals surface area contributed by atoms with Crippen molar-refractivity contribution in [1.82, 2.24) is 4.90 Å². The molecule has 2 atom stereocenters. The summed E-state index contributed by atoms with van der Waals surface area (Å²) < 4.78 is 5.58. The van der Waals surface area contributed by atoms with Gasteiger partial charge in [-0.3, -0.25) is 9.59 Å². The Balaban J connectivity index is 2.11. The first kappa shape index (κ1) is 18.7. The van der Waals surface area contributed by atoms with Crippen molar-refractivity contribution in [1.29, 1.82) is 0 Å². The quantitative estimate of drug-likeness (QED) is 0.850. The predicted octanol–water partition coefficient (Wildman–Crippen LogP) is 2.27. The minimum Gasteiger partial charge on any atom is -0.364 e. The fourth-order valence-electron chi connectivity index (χ4n) is 2.48. The summed E-state index contributed by atoms with van der Waals surface area (Å²) in [7, 11) is 1.74. The molecule has 1 fully saturated rings. The van der Waals surface area contributed by atoms with E-state index in [1.807, 2.05) is 13.8 Å². The molecular formula is C17H24ClN3O3. The van der Waals surface area contributed by atoms with Crippen LogP contribution in [-0.4, -0.2) is 48.6 Å². The molecular weight excluding hydrogens is 330 g/mol. The van der Waals surface area contributed by atoms with Gasteiger partial charge in [0, 0.05) is 25.2 Å². The van der Waals surface area contributed by atoms with Gasteiger partial charge < -0.3 is 20.7 Å². The molecule has 2 amide bonds. The Kier molecular flexibility index (Phi) is 6.21. The zero-order valence-corrected chi connectivity index (χ0v) is 15.0. The maximum atomic E-state index is 12.4. The summed E-state index contributed by atoms with van der Waals surface area (Å²) in [5, 5.41) is 3.13. The lowest BCUT2D eigenvalue weighted by molar-refractivity contribution is -0.126. The fourth-order valence-corrected chi connectivity index (χ4v) is 2.64. The third-order valence-electron chi connectivity index (χ3n) is 4.23. The molecule has 132 valence electrons. The van der Waals surface area contributed by atoms with Crippen molar-refractivity contribution in [3.63, 3.8) is 0 Å². The number of rotatable bonds is 5. The number of nitrogens with one attached hydrogen (secondary N) is 1. The number of hydrogen-bond acceptors (Lipinski definition) is 4. The van der Waals surface area contributed by atoms with E-state index in [0.29, 0.717) is 29.2 Å². The van der Waals surface area contributed by atoms with Crippen LogP contribution in [0.3, 0.4) is 0 Å². The molecule has 1 aromatic rings. The van der Waals surface area contributed by atoms with Gasteiger partial charge in [0.2, 0.25) is 0 Å². The van der Waals surface area contributed by atoms with Crippen LogP contribution in [0.5, 0.6) is 0 Å². The number of hydrogen-bond donors (Lipinski definition) is 2. The molecule has 2 rings (SSSR count). The van der Waals surface area contributed by atoms with Gasteiger partial charge in [0.1, 0.15) is 6.10 Å². The first-order valence-corrected chi connectivity index (χ1v) is 8.44. The molecule has 0 aliphatic carbocycles. The highest BCUT2D eigenvalue weighted by Crippen LogP contribution is 2.26. The fraction of sp³-hybridized carbons (Fsp3) is 0.529. The predicted molar refractivity (Wildman–Crippen MR) is 94.3 cm³/mol. The van der Waals surface area contributed by atoms with Crippen molar-refractivity contribution in [2.45, 2.75) is 44.9 Å². The molecule has 1 aliphatic heterocycles. The second-order valence-corrected chi connectivity index (χ2v) is 6.66. The molecule has 1 aromatic carbocycles. The number of benzene rings is 1. The Morgan fingerprint density at radius 1 is 1.42 bits per heavy atom. The summed E-state index contributed by atoms with van der Waals surface area (Å²) in [6.07, 6.45) is 0.774. The lowest BCUT2D eigenvalue weighted by atomic mass is 10.1. The zero-order valence-electron chi connectivity index (χ0n) is 14.2. The van der Waals surface area contributed by atoms with Crippen molar-refractivity contribution in [3.8, 4) is 0 Å². The monoisotopic (exact) mass is 353 g/mol. The van der Waals surface area contributed by atoms with Gasteiger partial charge >= 0.3 is 0 Å². The van der Waals surface area contributed by atoms with Gasteiger partial charge in [0.05, 0.1) is 16.8 Å². The van der Waals surface area contributed by atoms with E-state index in [-0.39, 0.29) is 24.0 Å². The van der Waals surface area contributed by atoms with Crippen molar-refractivity contribution < 1.29 is 14.3 Å². The maximum absolute atomic E-state index is 12.4. The number of anilines is 1. The van der Waals surface area contributed by atoms with Crippen molar-refractivity contribution in [2.75, 3.05) is 18.9 Å². The molecule has 0 spiro atoms. The van der Waals surface area contributed by atoms with Gasteiger partial charge in [-0.1, -0.05) is 11.6 Å². The molecule has 0 bridgehead atoms. The van der Waals surface area contributed by atoms with Crippen LogP contribution in [0, 0.1) is 0 Å². The molecule has 3 N–H and O–H groups in total. The zero-order chi connectivity index (χ0) is 17.9. The van der Waals surface area contributed by atoms with Crippen LogP contribution in [0.25, 0.3) is 0 Å². The molecule has 0 radical (unpaired) electrons. The molecule has 0 saturated carbocycles. The molecule has 1 saturated heterocycles. The average molecular weight is 354 g/mol. The molecule has 1 aliphatic rings.